The molecule has 2 saturated heterocycles. The van der Waals surface area contributed by atoms with Crippen molar-refractivity contribution in [2.24, 2.45) is 15.9 Å². The maximum Gasteiger partial charge on any atom is 0.226 e. The highest BCUT2D eigenvalue weighted by Gasteiger charge is 2.31. The molecule has 2 aromatic carbocycles. The largest absolute Gasteiger partial charge is 0.348 e. The van der Waals surface area contributed by atoms with Gasteiger partial charge >= 0.3 is 0 Å². The van der Waals surface area contributed by atoms with Gasteiger partial charge in [-0.2, -0.15) is 0 Å². The van der Waals surface area contributed by atoms with Gasteiger partial charge in [0, 0.05) is 49.3 Å². The van der Waals surface area contributed by atoms with Crippen LogP contribution in [-0.4, -0.2) is 63.7 Å². The normalized spacial score (nSPS) is 22.7. The van der Waals surface area contributed by atoms with Crippen LogP contribution in [0, 0.1) is 5.92 Å². The Morgan fingerprint density at radius 3 is 2.06 bits per heavy atom. The number of amides is 1. The van der Waals surface area contributed by atoms with E-state index in [4.69, 9.17) is 9.98 Å². The monoisotopic (exact) mass is 493 g/mol. The number of fused-ring (bicyclic) bond motifs is 2. The Kier molecular flexibility index (Phi) is 7.15. The molecule has 34 heavy (non-hydrogen) atoms. The number of nitrogens with zero attached hydrogens (tertiary/aromatic N) is 4. The Labute approximate surface area is 210 Å². The third kappa shape index (κ3) is 5.28. The van der Waals surface area contributed by atoms with Crippen molar-refractivity contribution in [3.05, 3.63) is 65.7 Å². The van der Waals surface area contributed by atoms with Crippen LogP contribution in [0.1, 0.15) is 37.1 Å². The van der Waals surface area contributed by atoms with Crippen molar-refractivity contribution < 1.29 is 4.79 Å². The number of hydrogen-bond acceptors (Lipinski definition) is 7. The predicted octanol–water partition coefficient (Wildman–Crippen LogP) is 4.89. The van der Waals surface area contributed by atoms with Crippen molar-refractivity contribution >= 4 is 45.5 Å². The lowest BCUT2D eigenvalue weighted by Gasteiger charge is -2.14. The summed E-state index contributed by atoms with van der Waals surface area (Å²) >= 11 is 3.72. The van der Waals surface area contributed by atoms with E-state index in [1.807, 2.05) is 55.6 Å². The number of hydrogen-bond donors (Lipinski definition) is 1. The van der Waals surface area contributed by atoms with E-state index in [9.17, 15) is 4.79 Å². The van der Waals surface area contributed by atoms with Crippen LogP contribution in [0.25, 0.3) is 0 Å². The lowest BCUT2D eigenvalue weighted by atomic mass is 10.1. The van der Waals surface area contributed by atoms with Gasteiger partial charge in [0.05, 0.1) is 12.1 Å². The maximum atomic E-state index is 11.8. The highest BCUT2D eigenvalue weighted by Crippen LogP contribution is 2.33. The molecule has 178 valence electrons. The van der Waals surface area contributed by atoms with Crippen LogP contribution >= 0.6 is 23.5 Å². The Morgan fingerprint density at radius 2 is 1.47 bits per heavy atom. The Morgan fingerprint density at radius 1 is 0.882 bits per heavy atom. The maximum absolute atomic E-state index is 11.8. The van der Waals surface area contributed by atoms with E-state index in [1.165, 1.54) is 33.8 Å². The summed E-state index contributed by atoms with van der Waals surface area (Å²) in [6, 6.07) is 19.2. The van der Waals surface area contributed by atoms with Gasteiger partial charge in [-0.05, 0) is 23.3 Å². The molecular weight excluding hydrogens is 462 g/mol. The number of anilines is 1. The molecule has 8 heteroatoms. The van der Waals surface area contributed by atoms with E-state index in [2.05, 4.69) is 51.5 Å². The average molecular weight is 494 g/mol. The lowest BCUT2D eigenvalue weighted by Crippen LogP contribution is -2.22. The van der Waals surface area contributed by atoms with Gasteiger partial charge in [0.2, 0.25) is 5.91 Å². The van der Waals surface area contributed by atoms with E-state index in [0.29, 0.717) is 6.04 Å². The van der Waals surface area contributed by atoms with E-state index in [1.54, 1.807) is 0 Å². The van der Waals surface area contributed by atoms with Gasteiger partial charge in [-0.1, -0.05) is 79.8 Å². The van der Waals surface area contributed by atoms with E-state index >= 15 is 0 Å². The molecule has 2 unspecified atom stereocenters. The average Bonchev–Trinajstić information content (AvgIpc) is 3.61. The Bertz CT molecular complexity index is 1090. The molecule has 0 radical (unpaired) electrons. The van der Waals surface area contributed by atoms with E-state index in [0.717, 1.165) is 31.1 Å². The topological polar surface area (TPSA) is 60.3 Å². The molecule has 0 saturated carbocycles. The van der Waals surface area contributed by atoms with Crippen molar-refractivity contribution in [1.29, 1.82) is 0 Å². The SMILES string of the molecule is CC(C)C(=O)Nc1cccc(C2CN3CCSC3=N2)c1.c1ccc(C2CN3CCSC3=N2)cc1. The molecule has 6 nitrogen and oxygen atoms in total. The van der Waals surface area contributed by atoms with Gasteiger partial charge in [-0.3, -0.25) is 14.8 Å². The van der Waals surface area contributed by atoms with Gasteiger partial charge in [-0.15, -0.1) is 0 Å². The number of aliphatic imine (C=N–C) groups is 2. The zero-order chi connectivity index (χ0) is 23.5. The molecule has 0 aliphatic carbocycles. The highest BCUT2D eigenvalue weighted by molar-refractivity contribution is 8.14. The number of carbonyl (C=O) groups is 1. The molecule has 0 bridgehead atoms. The van der Waals surface area contributed by atoms with Crippen molar-refractivity contribution in [2.75, 3.05) is 43.0 Å². The number of nitrogens with one attached hydrogen (secondary N) is 1. The first kappa shape index (κ1) is 23.3. The summed E-state index contributed by atoms with van der Waals surface area (Å²) in [6.45, 7) is 8.11. The summed E-state index contributed by atoms with van der Waals surface area (Å²) in [5.41, 5.74) is 3.38. The first-order valence-corrected chi connectivity index (χ1v) is 13.9. The smallest absolute Gasteiger partial charge is 0.226 e. The minimum absolute atomic E-state index is 0.00718. The second-order valence-electron chi connectivity index (χ2n) is 9.12. The molecule has 6 rings (SSSR count). The first-order valence-electron chi connectivity index (χ1n) is 11.9. The van der Waals surface area contributed by atoms with Crippen molar-refractivity contribution in [3.8, 4) is 0 Å². The number of amidine groups is 2. The summed E-state index contributed by atoms with van der Waals surface area (Å²) in [6.07, 6.45) is 0. The van der Waals surface area contributed by atoms with Gasteiger partial charge in [-0.25, -0.2) is 0 Å². The fraction of sp³-hybridized carbons (Fsp3) is 0.423. The molecule has 0 aromatic heterocycles. The van der Waals surface area contributed by atoms with Crippen molar-refractivity contribution in [3.63, 3.8) is 0 Å². The third-order valence-electron chi connectivity index (χ3n) is 6.29. The van der Waals surface area contributed by atoms with Gasteiger partial charge in [0.15, 0.2) is 10.3 Å². The van der Waals surface area contributed by atoms with Crippen LogP contribution in [0.3, 0.4) is 0 Å². The number of carbonyl (C=O) groups excluding carboxylic acids is 1. The molecule has 2 aromatic rings. The number of thioether (sulfide) groups is 2. The summed E-state index contributed by atoms with van der Waals surface area (Å²) in [5.74, 6) is 2.40. The van der Waals surface area contributed by atoms with E-state index in [-0.39, 0.29) is 17.9 Å². The number of rotatable bonds is 4. The van der Waals surface area contributed by atoms with Crippen molar-refractivity contribution in [2.45, 2.75) is 25.9 Å². The summed E-state index contributed by atoms with van der Waals surface area (Å²) in [5, 5.41) is 5.37. The molecule has 2 fully saturated rings. The van der Waals surface area contributed by atoms with Crippen LogP contribution in [0.15, 0.2) is 64.6 Å². The zero-order valence-electron chi connectivity index (χ0n) is 19.7. The fourth-order valence-corrected chi connectivity index (χ4v) is 6.44. The fourth-order valence-electron chi connectivity index (χ4n) is 4.36. The van der Waals surface area contributed by atoms with Crippen LogP contribution in [0.4, 0.5) is 5.69 Å². The van der Waals surface area contributed by atoms with Crippen LogP contribution in [-0.2, 0) is 4.79 Å². The minimum Gasteiger partial charge on any atom is -0.348 e. The molecular formula is C26H31N5OS2. The quantitative estimate of drug-likeness (QED) is 0.657. The van der Waals surface area contributed by atoms with Crippen molar-refractivity contribution in [1.82, 2.24) is 9.80 Å². The Balaban J connectivity index is 0.000000150. The predicted molar refractivity (Wildman–Crippen MR) is 145 cm³/mol. The molecule has 1 N–H and O–H groups in total. The van der Waals surface area contributed by atoms with Gasteiger partial charge in [0.1, 0.15) is 0 Å². The second kappa shape index (κ2) is 10.4. The molecule has 1 amide bonds. The van der Waals surface area contributed by atoms with Crippen LogP contribution < -0.4 is 5.32 Å². The Hall–Kier alpha value is -2.45. The first-order chi connectivity index (χ1) is 16.6. The molecule has 2 atom stereocenters. The molecule has 0 spiro atoms. The minimum atomic E-state index is -0.00718. The zero-order valence-corrected chi connectivity index (χ0v) is 21.3. The number of benzene rings is 2. The van der Waals surface area contributed by atoms with Crippen LogP contribution in [0.5, 0.6) is 0 Å². The van der Waals surface area contributed by atoms with Crippen LogP contribution in [0.2, 0.25) is 0 Å². The highest BCUT2D eigenvalue weighted by atomic mass is 32.2. The van der Waals surface area contributed by atoms with Gasteiger partial charge in [0.25, 0.3) is 0 Å². The van der Waals surface area contributed by atoms with Gasteiger partial charge < -0.3 is 15.1 Å². The summed E-state index contributed by atoms with van der Waals surface area (Å²) in [7, 11) is 0. The standard InChI is InChI=1S/C15H19N3OS.C11H12N2S/c1-10(2)14(19)16-12-5-3-4-11(8-12)13-9-18-6-7-20-15(18)17-13;1-2-4-9(5-3-1)10-8-13-6-7-14-11(13)12-10/h3-5,8,10,13H,6-7,9H2,1-2H3,(H,16,19);1-5,10H,6-8H2. The molecule has 4 heterocycles. The second-order valence-corrected chi connectivity index (χ2v) is 11.2. The lowest BCUT2D eigenvalue weighted by molar-refractivity contribution is -0.118. The summed E-state index contributed by atoms with van der Waals surface area (Å²) < 4.78 is 0. The van der Waals surface area contributed by atoms with E-state index < -0.39 is 0 Å². The molecule has 4 aliphatic rings. The third-order valence-corrected chi connectivity index (χ3v) is 8.31. The summed E-state index contributed by atoms with van der Waals surface area (Å²) in [4.78, 5) is 26.0. The molecule has 4 aliphatic heterocycles.